The van der Waals surface area contributed by atoms with E-state index in [1.165, 1.54) is 12.0 Å². The first-order valence-corrected chi connectivity index (χ1v) is 9.63. The van der Waals surface area contributed by atoms with Gasteiger partial charge in [0, 0.05) is 12.5 Å². The number of para-hydroxylation sites is 1. The number of carbonyl (C=O) groups excluding carboxylic acids is 3. The molecule has 0 aromatic heterocycles. The summed E-state index contributed by atoms with van der Waals surface area (Å²) in [7, 11) is 3.04. The maximum absolute atomic E-state index is 12.6. The first-order valence-electron chi connectivity index (χ1n) is 8.59. The van der Waals surface area contributed by atoms with Gasteiger partial charge < -0.3 is 14.8 Å². The van der Waals surface area contributed by atoms with Crippen molar-refractivity contribution in [3.8, 4) is 11.5 Å². The molecular weight excluding hydrogens is 380 g/mol. The lowest BCUT2D eigenvalue weighted by atomic mass is 10.2. The quantitative estimate of drug-likeness (QED) is 0.720. The maximum atomic E-state index is 12.6. The number of nitrogens with one attached hydrogen (secondary N) is 1. The van der Waals surface area contributed by atoms with Crippen LogP contribution in [0.2, 0.25) is 0 Å². The zero-order valence-corrected chi connectivity index (χ0v) is 16.3. The Hall–Kier alpha value is -3.00. The van der Waals surface area contributed by atoms with Crippen molar-refractivity contribution in [3.05, 3.63) is 48.5 Å². The number of hydrogen-bond donors (Lipinski definition) is 1. The number of methoxy groups -OCH3 is 2. The van der Waals surface area contributed by atoms with Gasteiger partial charge in [0.25, 0.3) is 0 Å². The summed E-state index contributed by atoms with van der Waals surface area (Å²) in [5, 5.41) is 2.18. The van der Waals surface area contributed by atoms with Crippen molar-refractivity contribution >= 4 is 40.9 Å². The van der Waals surface area contributed by atoms with E-state index in [0.717, 1.165) is 11.8 Å². The normalized spacial score (nSPS) is 16.2. The van der Waals surface area contributed by atoms with Crippen LogP contribution in [0.4, 0.5) is 11.4 Å². The van der Waals surface area contributed by atoms with Crippen LogP contribution < -0.4 is 19.7 Å². The molecule has 3 rings (SSSR count). The minimum absolute atomic E-state index is 0.0432. The molecule has 0 bridgehead atoms. The van der Waals surface area contributed by atoms with Gasteiger partial charge in [-0.3, -0.25) is 14.4 Å². The SMILES string of the molecule is COc1ccc(NC(=O)CS[C@H]2CC(=O)N(c3ccccc3)C2=O)c(OC)c1. The molecule has 1 fully saturated rings. The summed E-state index contributed by atoms with van der Waals surface area (Å²) in [5.41, 5.74) is 1.06. The number of anilines is 2. The fourth-order valence-electron chi connectivity index (χ4n) is 2.85. The molecule has 1 N–H and O–H groups in total. The highest BCUT2D eigenvalue weighted by Gasteiger charge is 2.39. The summed E-state index contributed by atoms with van der Waals surface area (Å²) in [5.74, 6) is 0.288. The number of benzene rings is 2. The average molecular weight is 400 g/mol. The number of amides is 3. The molecule has 2 aromatic rings. The number of nitrogens with zero attached hydrogens (tertiary/aromatic N) is 1. The molecule has 1 heterocycles. The maximum Gasteiger partial charge on any atom is 0.247 e. The molecule has 1 atom stereocenters. The standard InChI is InChI=1S/C20H20N2O5S/c1-26-14-8-9-15(16(10-14)27-2)21-18(23)12-28-17-11-19(24)22(20(17)25)13-6-4-3-5-7-13/h3-10,17H,11-12H2,1-2H3,(H,21,23)/t17-/m0/s1. The van der Waals surface area contributed by atoms with Gasteiger partial charge in [-0.15, -0.1) is 11.8 Å². The van der Waals surface area contributed by atoms with Crippen molar-refractivity contribution < 1.29 is 23.9 Å². The number of thioether (sulfide) groups is 1. The van der Waals surface area contributed by atoms with Crippen molar-refractivity contribution in [3.63, 3.8) is 0 Å². The van der Waals surface area contributed by atoms with Crippen LogP contribution in [0.25, 0.3) is 0 Å². The van der Waals surface area contributed by atoms with Crippen LogP contribution in [0, 0.1) is 0 Å². The Labute approximate surface area is 167 Å². The highest BCUT2D eigenvalue weighted by molar-refractivity contribution is 8.01. The van der Waals surface area contributed by atoms with Crippen molar-refractivity contribution in [2.24, 2.45) is 0 Å². The van der Waals surface area contributed by atoms with Crippen LogP contribution in [0.3, 0.4) is 0 Å². The minimum atomic E-state index is -0.573. The summed E-state index contributed by atoms with van der Waals surface area (Å²) >= 11 is 1.15. The van der Waals surface area contributed by atoms with Gasteiger partial charge in [-0.1, -0.05) is 18.2 Å². The van der Waals surface area contributed by atoms with E-state index in [1.807, 2.05) is 6.07 Å². The van der Waals surface area contributed by atoms with Crippen LogP contribution in [0.1, 0.15) is 6.42 Å². The summed E-state index contributed by atoms with van der Waals surface area (Å²) in [6, 6.07) is 13.8. The van der Waals surface area contributed by atoms with Crippen molar-refractivity contribution in [2.45, 2.75) is 11.7 Å². The van der Waals surface area contributed by atoms with Crippen molar-refractivity contribution in [1.29, 1.82) is 0 Å². The van der Waals surface area contributed by atoms with E-state index in [9.17, 15) is 14.4 Å². The second kappa shape index (κ2) is 8.79. The second-order valence-electron chi connectivity index (χ2n) is 6.02. The molecule has 28 heavy (non-hydrogen) atoms. The number of imide groups is 1. The number of rotatable bonds is 7. The molecule has 3 amide bonds. The minimum Gasteiger partial charge on any atom is -0.497 e. The van der Waals surface area contributed by atoms with Gasteiger partial charge in [0.2, 0.25) is 17.7 Å². The van der Waals surface area contributed by atoms with Crippen LogP contribution in [0.15, 0.2) is 48.5 Å². The van der Waals surface area contributed by atoms with Gasteiger partial charge in [0.15, 0.2) is 0 Å². The van der Waals surface area contributed by atoms with E-state index in [0.29, 0.717) is 22.9 Å². The highest BCUT2D eigenvalue weighted by atomic mass is 32.2. The third kappa shape index (κ3) is 4.28. The lowest BCUT2D eigenvalue weighted by Gasteiger charge is -2.15. The Kier molecular flexibility index (Phi) is 6.20. The lowest BCUT2D eigenvalue weighted by Crippen LogP contribution is -2.31. The van der Waals surface area contributed by atoms with Gasteiger partial charge in [-0.2, -0.15) is 0 Å². The lowest BCUT2D eigenvalue weighted by molar-refractivity contribution is -0.121. The molecule has 1 aliphatic rings. The molecule has 0 radical (unpaired) electrons. The molecule has 0 spiro atoms. The zero-order valence-electron chi connectivity index (χ0n) is 15.5. The fourth-order valence-corrected chi connectivity index (χ4v) is 3.78. The third-order valence-electron chi connectivity index (χ3n) is 4.22. The van der Waals surface area contributed by atoms with E-state index < -0.39 is 5.25 Å². The van der Waals surface area contributed by atoms with E-state index in [2.05, 4.69) is 5.32 Å². The van der Waals surface area contributed by atoms with Crippen LogP contribution in [-0.4, -0.2) is 42.9 Å². The molecule has 1 saturated heterocycles. The molecule has 2 aromatic carbocycles. The Morgan fingerprint density at radius 2 is 1.89 bits per heavy atom. The molecule has 0 unspecified atom stereocenters. The molecule has 0 aliphatic carbocycles. The number of ether oxygens (including phenoxy) is 2. The molecule has 1 aliphatic heterocycles. The summed E-state index contributed by atoms with van der Waals surface area (Å²) in [4.78, 5) is 38.3. The van der Waals surface area contributed by atoms with Gasteiger partial charge in [0.1, 0.15) is 11.5 Å². The first kappa shape index (κ1) is 19.8. The van der Waals surface area contributed by atoms with E-state index in [1.54, 1.807) is 49.6 Å². The molecular formula is C20H20N2O5S. The molecule has 0 saturated carbocycles. The van der Waals surface area contributed by atoms with Crippen LogP contribution in [-0.2, 0) is 14.4 Å². The average Bonchev–Trinajstić information content (AvgIpc) is 3.00. The summed E-state index contributed by atoms with van der Waals surface area (Å²) in [6.07, 6.45) is 0.0809. The number of hydrogen-bond acceptors (Lipinski definition) is 6. The van der Waals surface area contributed by atoms with Gasteiger partial charge in [0.05, 0.1) is 36.6 Å². The molecule has 7 nitrogen and oxygen atoms in total. The zero-order chi connectivity index (χ0) is 20.1. The molecule has 146 valence electrons. The van der Waals surface area contributed by atoms with Crippen LogP contribution >= 0.6 is 11.8 Å². The predicted octanol–water partition coefficient (Wildman–Crippen LogP) is 2.71. The second-order valence-corrected chi connectivity index (χ2v) is 7.21. The topological polar surface area (TPSA) is 84.9 Å². The Balaban J connectivity index is 1.59. The summed E-state index contributed by atoms with van der Waals surface area (Å²) in [6.45, 7) is 0. The van der Waals surface area contributed by atoms with E-state index in [4.69, 9.17) is 9.47 Å². The highest BCUT2D eigenvalue weighted by Crippen LogP contribution is 2.31. The Bertz CT molecular complexity index is 887. The number of carbonyl (C=O) groups is 3. The van der Waals surface area contributed by atoms with E-state index >= 15 is 0 Å². The van der Waals surface area contributed by atoms with Gasteiger partial charge >= 0.3 is 0 Å². The van der Waals surface area contributed by atoms with Gasteiger partial charge in [-0.05, 0) is 24.3 Å². The first-order chi connectivity index (χ1) is 13.5. The Morgan fingerprint density at radius 3 is 2.57 bits per heavy atom. The fraction of sp³-hybridized carbons (Fsp3) is 0.250. The van der Waals surface area contributed by atoms with Crippen molar-refractivity contribution in [2.75, 3.05) is 30.2 Å². The largest absolute Gasteiger partial charge is 0.497 e. The van der Waals surface area contributed by atoms with Crippen molar-refractivity contribution in [1.82, 2.24) is 0 Å². The smallest absolute Gasteiger partial charge is 0.247 e. The Morgan fingerprint density at radius 1 is 1.14 bits per heavy atom. The molecule has 8 heteroatoms. The third-order valence-corrected chi connectivity index (χ3v) is 5.42. The van der Waals surface area contributed by atoms with Crippen LogP contribution in [0.5, 0.6) is 11.5 Å². The van der Waals surface area contributed by atoms with Gasteiger partial charge in [-0.25, -0.2) is 4.90 Å². The predicted molar refractivity (Wildman–Crippen MR) is 108 cm³/mol. The van der Waals surface area contributed by atoms with E-state index in [-0.39, 0.29) is 29.9 Å². The summed E-state index contributed by atoms with van der Waals surface area (Å²) < 4.78 is 10.4. The monoisotopic (exact) mass is 400 g/mol.